The predicted molar refractivity (Wildman–Crippen MR) is 104 cm³/mol. The van der Waals surface area contributed by atoms with E-state index < -0.39 is 0 Å². The molecule has 0 aliphatic carbocycles. The highest BCUT2D eigenvalue weighted by Crippen LogP contribution is 2.35. The second-order valence-electron chi connectivity index (χ2n) is 6.23. The van der Waals surface area contributed by atoms with E-state index in [4.69, 9.17) is 21.1 Å². The van der Waals surface area contributed by atoms with Crippen LogP contribution in [-0.2, 0) is 4.74 Å². The Kier molecular flexibility index (Phi) is 6.84. The first-order valence-corrected chi connectivity index (χ1v) is 8.89. The minimum absolute atomic E-state index is 0.299. The van der Waals surface area contributed by atoms with Crippen LogP contribution in [0.1, 0.15) is 35.7 Å². The van der Waals surface area contributed by atoms with Gasteiger partial charge < -0.3 is 14.4 Å². The molecular weight excluding hydrogens is 350 g/mol. The number of aryl methyl sites for hydroxylation is 3. The molecule has 0 atom stereocenters. The fraction of sp³-hybridized carbons (Fsp3) is 0.400. The van der Waals surface area contributed by atoms with E-state index in [1.165, 1.54) is 0 Å². The van der Waals surface area contributed by atoms with Crippen molar-refractivity contribution in [2.45, 2.75) is 34.1 Å². The lowest BCUT2D eigenvalue weighted by Crippen LogP contribution is -2.27. The molecule has 2 rings (SSSR count). The van der Waals surface area contributed by atoms with Crippen molar-refractivity contribution in [3.05, 3.63) is 45.6 Å². The van der Waals surface area contributed by atoms with E-state index in [-0.39, 0.29) is 0 Å². The normalized spacial score (nSPS) is 10.5. The quantitative estimate of drug-likeness (QED) is 0.628. The topological polar surface area (TPSA) is 58.4 Å². The molecule has 0 radical (unpaired) electrons. The van der Waals surface area contributed by atoms with Gasteiger partial charge >= 0.3 is 0 Å². The molecule has 2 aromatic rings. The molecule has 1 aromatic carbocycles. The highest BCUT2D eigenvalue weighted by molar-refractivity contribution is 6.30. The Morgan fingerprint density at radius 1 is 1.19 bits per heavy atom. The van der Waals surface area contributed by atoms with Crippen molar-refractivity contribution in [2.75, 3.05) is 25.3 Å². The summed E-state index contributed by atoms with van der Waals surface area (Å²) in [4.78, 5) is 6.48. The molecule has 0 amide bonds. The minimum Gasteiger partial charge on any atom is -0.437 e. The molecule has 0 spiro atoms. The number of nitriles is 1. The van der Waals surface area contributed by atoms with Crippen LogP contribution >= 0.6 is 11.6 Å². The lowest BCUT2D eigenvalue weighted by molar-refractivity contribution is 0.197. The van der Waals surface area contributed by atoms with Gasteiger partial charge in [-0.15, -0.1) is 0 Å². The third-order valence-electron chi connectivity index (χ3n) is 3.95. The molecule has 0 bridgehead atoms. The van der Waals surface area contributed by atoms with Crippen LogP contribution in [0.3, 0.4) is 0 Å². The molecule has 0 aliphatic heterocycles. The Labute approximate surface area is 160 Å². The van der Waals surface area contributed by atoms with Gasteiger partial charge in [0.05, 0.1) is 5.69 Å². The smallest absolute Gasteiger partial charge is 0.239 e. The molecule has 6 heteroatoms. The molecule has 0 aliphatic rings. The number of hydrogen-bond donors (Lipinski definition) is 0. The van der Waals surface area contributed by atoms with Crippen molar-refractivity contribution in [1.82, 2.24) is 4.98 Å². The van der Waals surface area contributed by atoms with E-state index >= 15 is 0 Å². The summed E-state index contributed by atoms with van der Waals surface area (Å²) in [7, 11) is 1.64. The van der Waals surface area contributed by atoms with Crippen molar-refractivity contribution in [3.8, 4) is 17.7 Å². The Morgan fingerprint density at radius 2 is 1.85 bits per heavy atom. The third-order valence-corrected chi connectivity index (χ3v) is 4.17. The molecule has 0 unspecified atom stereocenters. The number of methoxy groups -OCH3 is 1. The van der Waals surface area contributed by atoms with Gasteiger partial charge in [-0.05, 0) is 56.5 Å². The number of nitrogens with zero attached hydrogens (tertiary/aromatic N) is 3. The summed E-state index contributed by atoms with van der Waals surface area (Å²) in [5, 5.41) is 10.4. The molecule has 26 heavy (non-hydrogen) atoms. The van der Waals surface area contributed by atoms with Crippen molar-refractivity contribution < 1.29 is 9.47 Å². The first kappa shape index (κ1) is 20.0. The van der Waals surface area contributed by atoms with E-state index in [1.54, 1.807) is 7.11 Å². The first-order valence-electron chi connectivity index (χ1n) is 8.51. The Hall–Kier alpha value is -2.29. The molecule has 0 saturated heterocycles. The number of benzene rings is 1. The Morgan fingerprint density at radius 3 is 2.38 bits per heavy atom. The number of halogens is 1. The average molecular weight is 374 g/mol. The van der Waals surface area contributed by atoms with E-state index in [0.29, 0.717) is 28.9 Å². The van der Waals surface area contributed by atoms with E-state index in [9.17, 15) is 5.26 Å². The fourth-order valence-corrected chi connectivity index (χ4v) is 3.22. The first-order chi connectivity index (χ1) is 12.4. The van der Waals surface area contributed by atoms with Gasteiger partial charge in [-0.1, -0.05) is 18.5 Å². The van der Waals surface area contributed by atoms with Gasteiger partial charge in [-0.2, -0.15) is 5.26 Å². The Bertz CT molecular complexity index is 802. The molecule has 0 N–H and O–H groups in total. The molecule has 5 nitrogen and oxygen atoms in total. The summed E-state index contributed by atoms with van der Waals surface area (Å²) in [6, 6.07) is 7.81. The second kappa shape index (κ2) is 8.88. The van der Waals surface area contributed by atoms with Crippen LogP contribution in [0.2, 0.25) is 5.02 Å². The molecule has 1 aromatic heterocycles. The average Bonchev–Trinajstić information content (AvgIpc) is 2.57. The van der Waals surface area contributed by atoms with Crippen LogP contribution in [0.4, 0.5) is 5.69 Å². The van der Waals surface area contributed by atoms with Gasteiger partial charge in [0.1, 0.15) is 24.1 Å². The molecule has 0 fully saturated rings. The standard InChI is InChI=1S/C20H24ClN3O2/c1-6-7-24(12-25-5)18-10-15(4)23-20(17(18)11-22)26-19-13(2)8-16(21)9-14(19)3/h8-10H,6-7,12H2,1-5H3. The van der Waals surface area contributed by atoms with Crippen molar-refractivity contribution in [1.29, 1.82) is 5.26 Å². The summed E-state index contributed by atoms with van der Waals surface area (Å²) in [5.74, 6) is 0.969. The predicted octanol–water partition coefficient (Wildman–Crippen LogP) is 5.14. The monoisotopic (exact) mass is 373 g/mol. The van der Waals surface area contributed by atoms with Gasteiger partial charge in [0.25, 0.3) is 0 Å². The number of anilines is 1. The summed E-state index contributed by atoms with van der Waals surface area (Å²) in [6.45, 7) is 8.97. The highest BCUT2D eigenvalue weighted by atomic mass is 35.5. The maximum atomic E-state index is 9.78. The molecule has 0 saturated carbocycles. The lowest BCUT2D eigenvalue weighted by Gasteiger charge is -2.25. The maximum Gasteiger partial charge on any atom is 0.239 e. The summed E-state index contributed by atoms with van der Waals surface area (Å²) in [5.41, 5.74) is 3.73. The zero-order chi connectivity index (χ0) is 19.3. The zero-order valence-electron chi connectivity index (χ0n) is 15.9. The summed E-state index contributed by atoms with van der Waals surface area (Å²) >= 11 is 6.10. The molecular formula is C20H24ClN3O2. The van der Waals surface area contributed by atoms with Crippen molar-refractivity contribution in [2.24, 2.45) is 0 Å². The van der Waals surface area contributed by atoms with E-state index in [2.05, 4.69) is 18.0 Å². The van der Waals surface area contributed by atoms with Gasteiger partial charge in [0.15, 0.2) is 0 Å². The van der Waals surface area contributed by atoms with E-state index in [0.717, 1.165) is 35.5 Å². The van der Waals surface area contributed by atoms with Gasteiger partial charge in [-0.25, -0.2) is 4.98 Å². The van der Waals surface area contributed by atoms with Crippen LogP contribution < -0.4 is 9.64 Å². The number of hydrogen-bond acceptors (Lipinski definition) is 5. The van der Waals surface area contributed by atoms with Gasteiger partial charge in [-0.3, -0.25) is 0 Å². The van der Waals surface area contributed by atoms with Crippen LogP contribution in [0.15, 0.2) is 18.2 Å². The number of aromatic nitrogens is 1. The minimum atomic E-state index is 0.299. The molecule has 138 valence electrons. The Balaban J connectivity index is 2.55. The number of ether oxygens (including phenoxy) is 2. The van der Waals surface area contributed by atoms with Crippen molar-refractivity contribution >= 4 is 17.3 Å². The molecule has 1 heterocycles. The SMILES string of the molecule is CCCN(COC)c1cc(C)nc(Oc2c(C)cc(Cl)cc2C)c1C#N. The van der Waals surface area contributed by atoms with E-state index in [1.807, 2.05) is 43.9 Å². The maximum absolute atomic E-state index is 9.78. The van der Waals surface area contributed by atoms with Crippen LogP contribution in [0.5, 0.6) is 11.6 Å². The number of pyridine rings is 1. The largest absolute Gasteiger partial charge is 0.437 e. The zero-order valence-corrected chi connectivity index (χ0v) is 16.6. The van der Waals surface area contributed by atoms with Crippen molar-refractivity contribution in [3.63, 3.8) is 0 Å². The summed E-state index contributed by atoms with van der Waals surface area (Å²) in [6.07, 6.45) is 0.932. The van der Waals surface area contributed by atoms with Crippen LogP contribution in [-0.4, -0.2) is 25.4 Å². The fourth-order valence-electron chi connectivity index (χ4n) is 2.89. The van der Waals surface area contributed by atoms with Gasteiger partial charge in [0.2, 0.25) is 5.88 Å². The second-order valence-corrected chi connectivity index (χ2v) is 6.66. The highest BCUT2D eigenvalue weighted by Gasteiger charge is 2.19. The summed E-state index contributed by atoms with van der Waals surface area (Å²) < 4.78 is 11.4. The van der Waals surface area contributed by atoms with Crippen LogP contribution in [0, 0.1) is 32.1 Å². The third kappa shape index (κ3) is 4.46. The van der Waals surface area contributed by atoms with Crippen LogP contribution in [0.25, 0.3) is 0 Å². The van der Waals surface area contributed by atoms with Gasteiger partial charge in [0, 0.05) is 24.4 Å². The lowest BCUT2D eigenvalue weighted by atomic mass is 10.1. The number of rotatable bonds is 7.